The molecule has 2 atom stereocenters. The Morgan fingerprint density at radius 2 is 1.80 bits per heavy atom. The third-order valence-electron chi connectivity index (χ3n) is 2.06. The van der Waals surface area contributed by atoms with Crippen molar-refractivity contribution in [2.75, 3.05) is 0 Å². The molecular formula is C7H11F3O4S. The van der Waals surface area contributed by atoms with Crippen LogP contribution in [0, 0.1) is 5.92 Å². The molecule has 0 aliphatic rings. The van der Waals surface area contributed by atoms with E-state index < -0.39 is 32.5 Å². The van der Waals surface area contributed by atoms with E-state index in [4.69, 9.17) is 5.11 Å². The van der Waals surface area contributed by atoms with Crippen LogP contribution in [0.15, 0.2) is 0 Å². The number of carboxylic acid groups (broad SMARTS) is 1. The van der Waals surface area contributed by atoms with Crippen molar-refractivity contribution >= 4 is 15.8 Å². The highest BCUT2D eigenvalue weighted by atomic mass is 32.2. The molecule has 0 heterocycles. The first kappa shape index (κ1) is 14.2. The van der Waals surface area contributed by atoms with Gasteiger partial charge in [0.1, 0.15) is 0 Å². The van der Waals surface area contributed by atoms with Crippen LogP contribution in [0.5, 0.6) is 0 Å². The van der Waals surface area contributed by atoms with Crippen LogP contribution in [0.4, 0.5) is 13.2 Å². The molecule has 4 nitrogen and oxygen atoms in total. The van der Waals surface area contributed by atoms with Crippen LogP contribution < -0.4 is 0 Å². The second kappa shape index (κ2) is 4.38. The van der Waals surface area contributed by atoms with E-state index in [2.05, 4.69) is 0 Å². The van der Waals surface area contributed by atoms with Crippen molar-refractivity contribution in [3.63, 3.8) is 0 Å². The Morgan fingerprint density at radius 1 is 1.40 bits per heavy atom. The molecule has 0 saturated carbocycles. The average molecular weight is 248 g/mol. The topological polar surface area (TPSA) is 71.4 Å². The molecule has 1 N–H and O–H groups in total. The van der Waals surface area contributed by atoms with E-state index in [1.165, 1.54) is 6.92 Å². The fourth-order valence-corrected chi connectivity index (χ4v) is 2.40. The minimum Gasteiger partial charge on any atom is -0.480 e. The van der Waals surface area contributed by atoms with Gasteiger partial charge in [0, 0.05) is 0 Å². The molecule has 0 aromatic rings. The average Bonchev–Trinajstić information content (AvgIpc) is 2.00. The van der Waals surface area contributed by atoms with E-state index >= 15 is 0 Å². The third-order valence-corrected chi connectivity index (χ3v) is 4.04. The van der Waals surface area contributed by atoms with Crippen LogP contribution >= 0.6 is 0 Å². The van der Waals surface area contributed by atoms with E-state index in [-0.39, 0.29) is 6.42 Å². The quantitative estimate of drug-likeness (QED) is 0.816. The molecule has 0 spiro atoms. The lowest BCUT2D eigenvalue weighted by molar-refractivity contribution is -0.138. The van der Waals surface area contributed by atoms with Crippen LogP contribution in [0.25, 0.3) is 0 Å². The maximum absolute atomic E-state index is 12.1. The monoisotopic (exact) mass is 248 g/mol. The first-order valence-electron chi connectivity index (χ1n) is 4.08. The summed E-state index contributed by atoms with van der Waals surface area (Å²) in [5, 5.41) is 6.07. The first-order chi connectivity index (χ1) is 6.55. The van der Waals surface area contributed by atoms with Crippen molar-refractivity contribution in [2.45, 2.75) is 31.0 Å². The summed E-state index contributed by atoms with van der Waals surface area (Å²) in [6.07, 6.45) is 0.0340. The van der Waals surface area contributed by atoms with Crippen molar-refractivity contribution in [2.24, 2.45) is 5.92 Å². The molecule has 0 fully saturated rings. The smallest absolute Gasteiger partial charge is 0.480 e. The summed E-state index contributed by atoms with van der Waals surface area (Å²) >= 11 is 0. The second-order valence-corrected chi connectivity index (χ2v) is 5.20. The highest BCUT2D eigenvalue weighted by Crippen LogP contribution is 2.31. The highest BCUT2D eigenvalue weighted by molar-refractivity contribution is 7.93. The molecule has 0 aliphatic carbocycles. The van der Waals surface area contributed by atoms with Crippen molar-refractivity contribution in [3.8, 4) is 0 Å². The van der Waals surface area contributed by atoms with Crippen LogP contribution in [0.1, 0.15) is 20.3 Å². The molecule has 0 rings (SSSR count). The molecule has 0 saturated heterocycles. The molecule has 0 aromatic heterocycles. The maximum Gasteiger partial charge on any atom is 0.498 e. The summed E-state index contributed by atoms with van der Waals surface area (Å²) in [6.45, 7) is 2.58. The van der Waals surface area contributed by atoms with Gasteiger partial charge in [0.2, 0.25) is 0 Å². The Balaban J connectivity index is 5.39. The molecule has 0 aromatic carbocycles. The molecule has 0 amide bonds. The standard InChI is InChI=1S/C7H11F3O4S/c1-3-4(2)5(6(11)12)15(13,14)7(8,9)10/h4-5H,3H2,1-2H3,(H,11,12)/t4-,5+/m1/s1. The Labute approximate surface area is 85.0 Å². The van der Waals surface area contributed by atoms with E-state index in [0.717, 1.165) is 6.92 Å². The van der Waals surface area contributed by atoms with Gasteiger partial charge in [0.15, 0.2) is 5.25 Å². The van der Waals surface area contributed by atoms with Crippen molar-refractivity contribution < 1.29 is 31.5 Å². The molecule has 90 valence electrons. The number of hydrogen-bond acceptors (Lipinski definition) is 3. The van der Waals surface area contributed by atoms with Crippen LogP contribution in [0.2, 0.25) is 0 Å². The predicted molar refractivity (Wildman–Crippen MR) is 45.9 cm³/mol. The number of carboxylic acids is 1. The molecule has 0 radical (unpaired) electrons. The van der Waals surface area contributed by atoms with Gasteiger partial charge in [0.05, 0.1) is 0 Å². The van der Waals surface area contributed by atoms with Crippen LogP contribution in [-0.2, 0) is 14.6 Å². The van der Waals surface area contributed by atoms with Gasteiger partial charge >= 0.3 is 11.5 Å². The minimum absolute atomic E-state index is 0.0340. The van der Waals surface area contributed by atoms with Gasteiger partial charge in [-0.05, 0) is 5.92 Å². The second-order valence-electron chi connectivity index (χ2n) is 3.14. The Morgan fingerprint density at radius 3 is 2.00 bits per heavy atom. The Hall–Kier alpha value is -0.790. The van der Waals surface area contributed by atoms with Crippen LogP contribution in [-0.4, -0.2) is 30.3 Å². The summed E-state index contributed by atoms with van der Waals surface area (Å²) in [5.41, 5.74) is -5.53. The van der Waals surface area contributed by atoms with Gasteiger partial charge in [-0.15, -0.1) is 0 Å². The summed E-state index contributed by atoms with van der Waals surface area (Å²) < 4.78 is 58.0. The van der Waals surface area contributed by atoms with E-state index in [9.17, 15) is 26.4 Å². The largest absolute Gasteiger partial charge is 0.498 e. The third kappa shape index (κ3) is 2.83. The van der Waals surface area contributed by atoms with Crippen molar-refractivity contribution in [1.82, 2.24) is 0 Å². The molecule has 0 bridgehead atoms. The van der Waals surface area contributed by atoms with E-state index in [1.807, 2.05) is 0 Å². The lowest BCUT2D eigenvalue weighted by Crippen LogP contribution is -2.43. The van der Waals surface area contributed by atoms with Crippen LogP contribution in [0.3, 0.4) is 0 Å². The van der Waals surface area contributed by atoms with Crippen molar-refractivity contribution in [1.29, 1.82) is 0 Å². The lowest BCUT2D eigenvalue weighted by Gasteiger charge is -2.20. The fourth-order valence-electron chi connectivity index (χ4n) is 1.04. The van der Waals surface area contributed by atoms with Gasteiger partial charge in [0.25, 0.3) is 9.84 Å². The van der Waals surface area contributed by atoms with E-state index in [1.54, 1.807) is 0 Å². The number of carbonyl (C=O) groups is 1. The zero-order chi connectivity index (χ0) is 12.4. The number of alkyl halides is 3. The number of aliphatic carboxylic acids is 1. The SMILES string of the molecule is CC[C@@H](C)[C@@H](C(=O)O)S(=O)(=O)C(F)(F)F. The van der Waals surface area contributed by atoms with Gasteiger partial charge in [-0.2, -0.15) is 13.2 Å². The Kier molecular flexibility index (Phi) is 4.15. The molecule has 15 heavy (non-hydrogen) atoms. The zero-order valence-corrected chi connectivity index (χ0v) is 8.89. The van der Waals surface area contributed by atoms with Crippen molar-refractivity contribution in [3.05, 3.63) is 0 Å². The van der Waals surface area contributed by atoms with Gasteiger partial charge in [-0.3, -0.25) is 4.79 Å². The zero-order valence-electron chi connectivity index (χ0n) is 8.08. The summed E-state index contributed by atoms with van der Waals surface area (Å²) in [4.78, 5) is 10.5. The number of hydrogen-bond donors (Lipinski definition) is 1. The normalized spacial score (nSPS) is 17.1. The van der Waals surface area contributed by atoms with E-state index in [0.29, 0.717) is 0 Å². The summed E-state index contributed by atoms with van der Waals surface area (Å²) in [5.74, 6) is -3.06. The predicted octanol–water partition coefficient (Wildman–Crippen LogP) is 1.42. The van der Waals surface area contributed by atoms with Gasteiger partial charge in [-0.1, -0.05) is 20.3 Å². The first-order valence-corrected chi connectivity index (χ1v) is 5.63. The lowest BCUT2D eigenvalue weighted by atomic mass is 10.1. The summed E-state index contributed by atoms with van der Waals surface area (Å²) in [6, 6.07) is 0. The molecular weight excluding hydrogens is 237 g/mol. The minimum atomic E-state index is -5.65. The molecule has 0 unspecified atom stereocenters. The van der Waals surface area contributed by atoms with Gasteiger partial charge < -0.3 is 5.11 Å². The summed E-state index contributed by atoms with van der Waals surface area (Å²) in [7, 11) is -5.65. The number of rotatable bonds is 4. The van der Waals surface area contributed by atoms with Gasteiger partial charge in [-0.25, -0.2) is 8.42 Å². The fraction of sp³-hybridized carbons (Fsp3) is 0.857. The maximum atomic E-state index is 12.1. The highest BCUT2D eigenvalue weighted by Gasteiger charge is 2.54. The molecule has 8 heteroatoms. The Bertz CT molecular complexity index is 333. The number of halogens is 3. The number of sulfone groups is 1. The molecule has 0 aliphatic heterocycles.